The van der Waals surface area contributed by atoms with E-state index in [1.807, 2.05) is 37.4 Å². The fraction of sp³-hybridized carbons (Fsp3) is 0.706. The first-order valence-electron chi connectivity index (χ1n) is 8.81. The molecule has 1 N–H and O–H groups in total. The molecular formula is C17H29N5O2. The molecule has 7 heteroatoms. The summed E-state index contributed by atoms with van der Waals surface area (Å²) >= 11 is 0. The first-order valence-corrected chi connectivity index (χ1v) is 8.81. The molecular weight excluding hydrogens is 306 g/mol. The maximum absolute atomic E-state index is 12.7. The van der Waals surface area contributed by atoms with Crippen molar-refractivity contribution in [2.45, 2.75) is 39.7 Å². The van der Waals surface area contributed by atoms with Crippen molar-refractivity contribution in [1.29, 1.82) is 0 Å². The standard InChI is InChI=1S/C17H29N5O2/c1-5-21(6-2)17(24)14-13-9-7-8-11-22(13)15(19-14)16(23)18-10-12-20(3)4/h5-12H2,1-4H3,(H,18,23). The minimum absolute atomic E-state index is 0.0713. The number of carbonyl (C=O) groups is 2. The monoisotopic (exact) mass is 335 g/mol. The molecule has 2 amide bonds. The number of amides is 2. The molecule has 24 heavy (non-hydrogen) atoms. The van der Waals surface area contributed by atoms with Gasteiger partial charge in [-0.3, -0.25) is 9.59 Å². The summed E-state index contributed by atoms with van der Waals surface area (Å²) in [7, 11) is 3.93. The van der Waals surface area contributed by atoms with E-state index in [1.165, 1.54) is 0 Å². The largest absolute Gasteiger partial charge is 0.348 e. The lowest BCUT2D eigenvalue weighted by Gasteiger charge is -2.20. The third-order valence-electron chi connectivity index (χ3n) is 4.42. The zero-order valence-corrected chi connectivity index (χ0v) is 15.3. The van der Waals surface area contributed by atoms with Gasteiger partial charge in [-0.1, -0.05) is 0 Å². The van der Waals surface area contributed by atoms with Crippen molar-refractivity contribution >= 4 is 11.8 Å². The van der Waals surface area contributed by atoms with E-state index < -0.39 is 0 Å². The fourth-order valence-electron chi connectivity index (χ4n) is 3.02. The summed E-state index contributed by atoms with van der Waals surface area (Å²) in [6.07, 6.45) is 2.85. The smallest absolute Gasteiger partial charge is 0.287 e. The summed E-state index contributed by atoms with van der Waals surface area (Å²) < 4.78 is 1.94. The Hall–Kier alpha value is -1.89. The van der Waals surface area contributed by atoms with Crippen LogP contribution in [0.1, 0.15) is 53.5 Å². The molecule has 7 nitrogen and oxygen atoms in total. The Balaban J connectivity index is 2.26. The second-order valence-corrected chi connectivity index (χ2v) is 6.38. The summed E-state index contributed by atoms with van der Waals surface area (Å²) in [6.45, 7) is 7.29. The van der Waals surface area contributed by atoms with Crippen LogP contribution in [0.4, 0.5) is 0 Å². The average Bonchev–Trinajstić information content (AvgIpc) is 2.95. The van der Waals surface area contributed by atoms with Crippen LogP contribution in [0.3, 0.4) is 0 Å². The van der Waals surface area contributed by atoms with Crippen molar-refractivity contribution < 1.29 is 9.59 Å². The highest BCUT2D eigenvalue weighted by Crippen LogP contribution is 2.22. The van der Waals surface area contributed by atoms with Gasteiger partial charge in [0.25, 0.3) is 11.8 Å². The molecule has 0 atom stereocenters. The predicted octanol–water partition coefficient (Wildman–Crippen LogP) is 0.993. The van der Waals surface area contributed by atoms with Crippen LogP contribution in [0.25, 0.3) is 0 Å². The molecule has 0 saturated carbocycles. The van der Waals surface area contributed by atoms with Crippen LogP contribution in [0, 0.1) is 0 Å². The summed E-state index contributed by atoms with van der Waals surface area (Å²) in [4.78, 5) is 33.5. The molecule has 0 aliphatic carbocycles. The maximum atomic E-state index is 12.7. The molecule has 0 aromatic carbocycles. The van der Waals surface area contributed by atoms with Gasteiger partial charge >= 0.3 is 0 Å². The zero-order valence-electron chi connectivity index (χ0n) is 15.3. The van der Waals surface area contributed by atoms with Gasteiger partial charge in [0.1, 0.15) is 5.69 Å². The molecule has 0 fully saturated rings. The van der Waals surface area contributed by atoms with Gasteiger partial charge in [0.2, 0.25) is 0 Å². The predicted molar refractivity (Wildman–Crippen MR) is 93.3 cm³/mol. The number of hydrogen-bond donors (Lipinski definition) is 1. The first-order chi connectivity index (χ1) is 11.5. The fourth-order valence-corrected chi connectivity index (χ4v) is 3.02. The number of carbonyl (C=O) groups excluding carboxylic acids is 2. The van der Waals surface area contributed by atoms with Crippen molar-refractivity contribution in [1.82, 2.24) is 24.7 Å². The molecule has 0 spiro atoms. The Morgan fingerprint density at radius 3 is 2.54 bits per heavy atom. The Labute approximate surface area is 144 Å². The number of rotatable bonds is 7. The van der Waals surface area contributed by atoms with Gasteiger partial charge in [0.15, 0.2) is 5.82 Å². The minimum atomic E-state index is -0.196. The van der Waals surface area contributed by atoms with E-state index >= 15 is 0 Å². The van der Waals surface area contributed by atoms with E-state index in [0.717, 1.165) is 38.0 Å². The lowest BCUT2D eigenvalue weighted by atomic mass is 10.1. The van der Waals surface area contributed by atoms with E-state index in [1.54, 1.807) is 4.90 Å². The summed E-state index contributed by atoms with van der Waals surface area (Å²) in [5, 5.41) is 2.90. The van der Waals surface area contributed by atoms with E-state index in [2.05, 4.69) is 10.3 Å². The average molecular weight is 335 g/mol. The number of nitrogens with one attached hydrogen (secondary N) is 1. The van der Waals surface area contributed by atoms with Gasteiger partial charge in [-0.2, -0.15) is 0 Å². The van der Waals surface area contributed by atoms with Crippen LogP contribution in [0.15, 0.2) is 0 Å². The van der Waals surface area contributed by atoms with Crippen LogP contribution < -0.4 is 5.32 Å². The minimum Gasteiger partial charge on any atom is -0.348 e. The quantitative estimate of drug-likeness (QED) is 0.807. The van der Waals surface area contributed by atoms with Crippen LogP contribution in [-0.2, 0) is 13.0 Å². The molecule has 2 heterocycles. The number of nitrogens with zero attached hydrogens (tertiary/aromatic N) is 4. The van der Waals surface area contributed by atoms with Crippen molar-refractivity contribution in [3.8, 4) is 0 Å². The highest BCUT2D eigenvalue weighted by molar-refractivity contribution is 5.97. The van der Waals surface area contributed by atoms with Crippen molar-refractivity contribution in [3.05, 3.63) is 17.2 Å². The number of likely N-dealkylation sites (N-methyl/N-ethyl adjacent to an activating group) is 1. The molecule has 2 rings (SSSR count). The Morgan fingerprint density at radius 1 is 1.21 bits per heavy atom. The Morgan fingerprint density at radius 2 is 1.92 bits per heavy atom. The van der Waals surface area contributed by atoms with Crippen LogP contribution >= 0.6 is 0 Å². The number of aromatic nitrogens is 2. The van der Waals surface area contributed by atoms with Crippen LogP contribution in [-0.4, -0.2) is 71.4 Å². The highest BCUT2D eigenvalue weighted by atomic mass is 16.2. The van der Waals surface area contributed by atoms with E-state index in [9.17, 15) is 9.59 Å². The lowest BCUT2D eigenvalue weighted by Crippen LogP contribution is -2.33. The van der Waals surface area contributed by atoms with Gasteiger partial charge < -0.3 is 19.7 Å². The van der Waals surface area contributed by atoms with Crippen LogP contribution in [0.2, 0.25) is 0 Å². The highest BCUT2D eigenvalue weighted by Gasteiger charge is 2.28. The van der Waals surface area contributed by atoms with Gasteiger partial charge in [-0.05, 0) is 47.2 Å². The Kier molecular flexibility index (Phi) is 6.36. The van der Waals surface area contributed by atoms with Crippen LogP contribution in [0.5, 0.6) is 0 Å². The SMILES string of the molecule is CCN(CC)C(=O)c1nc(C(=O)NCCN(C)C)n2c1CCCC2. The summed E-state index contributed by atoms with van der Waals surface area (Å²) in [6, 6.07) is 0. The lowest BCUT2D eigenvalue weighted by molar-refractivity contribution is 0.0766. The molecule has 1 aliphatic heterocycles. The molecule has 134 valence electrons. The number of hydrogen-bond acceptors (Lipinski definition) is 4. The van der Waals surface area contributed by atoms with Crippen molar-refractivity contribution in [3.63, 3.8) is 0 Å². The molecule has 1 aliphatic rings. The molecule has 0 saturated heterocycles. The maximum Gasteiger partial charge on any atom is 0.287 e. The normalized spacial score (nSPS) is 13.7. The summed E-state index contributed by atoms with van der Waals surface area (Å²) in [5.74, 6) is 0.107. The number of imidazole rings is 1. The van der Waals surface area contributed by atoms with Gasteiger partial charge in [0.05, 0.1) is 5.69 Å². The van der Waals surface area contributed by atoms with E-state index in [0.29, 0.717) is 31.2 Å². The van der Waals surface area contributed by atoms with Crippen molar-refractivity contribution in [2.24, 2.45) is 0 Å². The number of fused-ring (bicyclic) bond motifs is 1. The van der Waals surface area contributed by atoms with Crippen molar-refractivity contribution in [2.75, 3.05) is 40.3 Å². The second kappa shape index (κ2) is 8.28. The molecule has 0 radical (unpaired) electrons. The van der Waals surface area contributed by atoms with Gasteiger partial charge in [-0.25, -0.2) is 4.98 Å². The van der Waals surface area contributed by atoms with Gasteiger partial charge in [-0.15, -0.1) is 0 Å². The molecule has 1 aromatic heterocycles. The Bertz CT molecular complexity index is 590. The topological polar surface area (TPSA) is 70.5 Å². The first kappa shape index (κ1) is 18.4. The second-order valence-electron chi connectivity index (χ2n) is 6.38. The molecule has 1 aromatic rings. The molecule has 0 bridgehead atoms. The van der Waals surface area contributed by atoms with E-state index in [-0.39, 0.29) is 11.8 Å². The summed E-state index contributed by atoms with van der Waals surface area (Å²) in [5.41, 5.74) is 1.37. The van der Waals surface area contributed by atoms with E-state index in [4.69, 9.17) is 0 Å². The third kappa shape index (κ3) is 3.95. The zero-order chi connectivity index (χ0) is 17.7. The molecule has 0 unspecified atom stereocenters. The third-order valence-corrected chi connectivity index (χ3v) is 4.42. The van der Waals surface area contributed by atoms with Gasteiger partial charge in [0, 0.05) is 32.7 Å².